The summed E-state index contributed by atoms with van der Waals surface area (Å²) in [5.41, 5.74) is 2.45. The number of hydrogen-bond donors (Lipinski definition) is 2. The minimum absolute atomic E-state index is 0.308. The highest BCUT2D eigenvalue weighted by atomic mass is 19.2. The number of carbonyl (C=O) groups is 1. The molecule has 2 N–H and O–H groups in total. The second-order valence-corrected chi connectivity index (χ2v) is 9.84. The lowest BCUT2D eigenvalue weighted by Gasteiger charge is -2.31. The van der Waals surface area contributed by atoms with Crippen LogP contribution in [0.15, 0.2) is 78.9 Å². The molecule has 0 aromatic heterocycles. The highest BCUT2D eigenvalue weighted by molar-refractivity contribution is 6.11. The number of anilines is 1. The van der Waals surface area contributed by atoms with Gasteiger partial charge in [0.15, 0.2) is 11.6 Å². The number of carbonyl (C=O) groups excluding carboxylic acids is 1. The third-order valence-electron chi connectivity index (χ3n) is 7.78. The Kier molecular flexibility index (Phi) is 7.00. The quantitative estimate of drug-likeness (QED) is 0.280. The van der Waals surface area contributed by atoms with E-state index in [1.165, 1.54) is 0 Å². The van der Waals surface area contributed by atoms with Gasteiger partial charge in [-0.15, -0.1) is 0 Å². The van der Waals surface area contributed by atoms with Crippen LogP contribution in [0.25, 0.3) is 0 Å². The van der Waals surface area contributed by atoms with Gasteiger partial charge in [-0.05, 0) is 59.2 Å². The Hall–Kier alpha value is -4.03. The van der Waals surface area contributed by atoms with E-state index in [4.69, 9.17) is 0 Å². The van der Waals surface area contributed by atoms with E-state index in [0.29, 0.717) is 36.6 Å². The van der Waals surface area contributed by atoms with Crippen LogP contribution >= 0.6 is 0 Å². The van der Waals surface area contributed by atoms with Gasteiger partial charge in [-0.2, -0.15) is 0 Å². The molecule has 6 heteroatoms. The van der Waals surface area contributed by atoms with Crippen LogP contribution in [0.5, 0.6) is 5.75 Å². The largest absolute Gasteiger partial charge is 0.507 e. The number of phenolic OH excluding ortho intramolecular Hbond substituents is 1. The molecular weight excluding hydrogens is 496 g/mol. The van der Waals surface area contributed by atoms with Crippen LogP contribution in [0.4, 0.5) is 14.5 Å². The normalized spacial score (nSPS) is 16.7. The fraction of sp³-hybridized carbons (Fsp3) is 0.242. The summed E-state index contributed by atoms with van der Waals surface area (Å²) >= 11 is 0. The minimum atomic E-state index is -2.43. The fourth-order valence-corrected chi connectivity index (χ4v) is 6.05. The number of aliphatic hydroxyl groups is 1. The average molecular weight is 528 g/mol. The van der Waals surface area contributed by atoms with Gasteiger partial charge in [0.25, 0.3) is 5.91 Å². The molecule has 0 spiro atoms. The molecule has 0 radical (unpaired) electrons. The third kappa shape index (κ3) is 4.10. The minimum Gasteiger partial charge on any atom is -0.507 e. The molecule has 0 aliphatic carbocycles. The summed E-state index contributed by atoms with van der Waals surface area (Å²) in [4.78, 5) is 16.2. The van der Waals surface area contributed by atoms with E-state index in [2.05, 4.69) is 0 Å². The SMILES string of the molecule is CCc1cc2c(c(CC)c1CC)C(O)(c1cc(F)c(F)cc1O)C(=O)N2C(c1ccccc1)c1ccccc1. The summed E-state index contributed by atoms with van der Waals surface area (Å²) in [5.74, 6) is -3.94. The third-order valence-corrected chi connectivity index (χ3v) is 7.78. The van der Waals surface area contributed by atoms with Crippen molar-refractivity contribution in [1.29, 1.82) is 0 Å². The number of nitrogens with zero attached hydrogens (tertiary/aromatic N) is 1. The maximum absolute atomic E-state index is 14.6. The molecule has 1 unspecified atom stereocenters. The van der Waals surface area contributed by atoms with Crippen molar-refractivity contribution in [1.82, 2.24) is 0 Å². The molecular formula is C33H31F2NO3. The molecule has 5 rings (SSSR count). The average Bonchev–Trinajstić information content (AvgIpc) is 3.17. The van der Waals surface area contributed by atoms with Gasteiger partial charge in [-0.25, -0.2) is 8.78 Å². The van der Waals surface area contributed by atoms with Crippen LogP contribution in [-0.2, 0) is 29.7 Å². The van der Waals surface area contributed by atoms with Gasteiger partial charge in [0.2, 0.25) is 5.60 Å². The number of halogens is 2. The van der Waals surface area contributed by atoms with Crippen LogP contribution in [0.2, 0.25) is 0 Å². The maximum atomic E-state index is 14.6. The van der Waals surface area contributed by atoms with Crippen LogP contribution in [0.3, 0.4) is 0 Å². The number of hydrogen-bond acceptors (Lipinski definition) is 3. The van der Waals surface area contributed by atoms with E-state index in [1.54, 1.807) is 4.90 Å². The standard InChI is InChI=1S/C33H31F2NO3/c1-4-20-17-28-30(24(6-3)23(20)5-2)33(39,25-18-26(34)27(35)19-29(25)37)32(38)36(28)31(21-13-9-7-10-14-21)22-15-11-8-12-16-22/h7-19,31,37,39H,4-6H2,1-3H3. The predicted octanol–water partition coefficient (Wildman–Crippen LogP) is 6.73. The first-order valence-electron chi connectivity index (χ1n) is 13.3. The Balaban J connectivity index is 1.90. The van der Waals surface area contributed by atoms with Crippen LogP contribution in [0.1, 0.15) is 65.8 Å². The lowest BCUT2D eigenvalue weighted by molar-refractivity contribution is -0.132. The zero-order valence-corrected chi connectivity index (χ0v) is 22.2. The first-order valence-corrected chi connectivity index (χ1v) is 13.3. The van der Waals surface area contributed by atoms with Crippen molar-refractivity contribution in [2.24, 2.45) is 0 Å². The highest BCUT2D eigenvalue weighted by Crippen LogP contribution is 2.53. The van der Waals surface area contributed by atoms with Crippen molar-refractivity contribution in [3.8, 4) is 5.75 Å². The first-order chi connectivity index (χ1) is 18.8. The predicted molar refractivity (Wildman–Crippen MR) is 148 cm³/mol. The molecule has 0 saturated carbocycles. The molecule has 4 aromatic rings. The van der Waals surface area contributed by atoms with Crippen molar-refractivity contribution in [3.05, 3.63) is 129 Å². The number of amides is 1. The van der Waals surface area contributed by atoms with Gasteiger partial charge < -0.3 is 10.2 Å². The van der Waals surface area contributed by atoms with E-state index < -0.39 is 34.9 Å². The van der Waals surface area contributed by atoms with Crippen molar-refractivity contribution >= 4 is 11.6 Å². The Bertz CT molecular complexity index is 1500. The molecule has 4 aromatic carbocycles. The fourth-order valence-electron chi connectivity index (χ4n) is 6.05. The van der Waals surface area contributed by atoms with E-state index in [9.17, 15) is 23.8 Å². The topological polar surface area (TPSA) is 60.8 Å². The van der Waals surface area contributed by atoms with E-state index in [0.717, 1.165) is 33.9 Å². The van der Waals surface area contributed by atoms with Crippen LogP contribution in [-0.4, -0.2) is 16.1 Å². The molecule has 1 aliphatic heterocycles. The van der Waals surface area contributed by atoms with E-state index in [-0.39, 0.29) is 5.56 Å². The van der Waals surface area contributed by atoms with Gasteiger partial charge in [0.1, 0.15) is 5.75 Å². The molecule has 1 aliphatic rings. The Morgan fingerprint density at radius 1 is 0.795 bits per heavy atom. The molecule has 1 atom stereocenters. The Morgan fingerprint density at radius 2 is 1.33 bits per heavy atom. The summed E-state index contributed by atoms with van der Waals surface area (Å²) in [6.07, 6.45) is 1.87. The van der Waals surface area contributed by atoms with E-state index in [1.807, 2.05) is 87.5 Å². The maximum Gasteiger partial charge on any atom is 0.269 e. The lowest BCUT2D eigenvalue weighted by atomic mass is 9.80. The number of aryl methyl sites for hydroxylation is 1. The first kappa shape index (κ1) is 26.6. The molecule has 4 nitrogen and oxygen atoms in total. The highest BCUT2D eigenvalue weighted by Gasteiger charge is 2.56. The number of phenols is 1. The molecule has 0 fully saturated rings. The summed E-state index contributed by atoms with van der Waals surface area (Å²) < 4.78 is 28.7. The Morgan fingerprint density at radius 3 is 1.85 bits per heavy atom. The van der Waals surface area contributed by atoms with Gasteiger partial charge in [-0.3, -0.25) is 9.69 Å². The summed E-state index contributed by atoms with van der Waals surface area (Å²) in [6.45, 7) is 6.00. The zero-order valence-electron chi connectivity index (χ0n) is 22.2. The molecule has 0 saturated heterocycles. The number of fused-ring (bicyclic) bond motifs is 1. The van der Waals surface area contributed by atoms with Gasteiger partial charge in [-0.1, -0.05) is 81.4 Å². The molecule has 0 bridgehead atoms. The second kappa shape index (κ2) is 10.3. The lowest BCUT2D eigenvalue weighted by Crippen LogP contribution is -2.43. The second-order valence-electron chi connectivity index (χ2n) is 9.84. The smallest absolute Gasteiger partial charge is 0.269 e. The van der Waals surface area contributed by atoms with Crippen molar-refractivity contribution in [2.45, 2.75) is 51.7 Å². The van der Waals surface area contributed by atoms with E-state index >= 15 is 0 Å². The molecule has 1 amide bonds. The van der Waals surface area contributed by atoms with Gasteiger partial charge in [0, 0.05) is 17.2 Å². The Labute approximate surface area is 227 Å². The van der Waals surface area contributed by atoms with Crippen molar-refractivity contribution < 1.29 is 23.8 Å². The van der Waals surface area contributed by atoms with Crippen LogP contribution < -0.4 is 4.90 Å². The molecule has 39 heavy (non-hydrogen) atoms. The van der Waals surface area contributed by atoms with Crippen molar-refractivity contribution in [2.75, 3.05) is 4.90 Å². The monoisotopic (exact) mass is 527 g/mol. The van der Waals surface area contributed by atoms with Crippen LogP contribution in [0, 0.1) is 11.6 Å². The molecule has 200 valence electrons. The molecule has 1 heterocycles. The zero-order chi connectivity index (χ0) is 27.9. The number of benzene rings is 4. The number of aromatic hydroxyl groups is 1. The summed E-state index contributed by atoms with van der Waals surface area (Å²) in [6, 6.07) is 21.6. The number of rotatable bonds is 7. The van der Waals surface area contributed by atoms with Gasteiger partial charge in [0.05, 0.1) is 11.7 Å². The van der Waals surface area contributed by atoms with Crippen molar-refractivity contribution in [3.63, 3.8) is 0 Å². The summed E-state index contributed by atoms with van der Waals surface area (Å²) in [5, 5.41) is 23.2. The summed E-state index contributed by atoms with van der Waals surface area (Å²) in [7, 11) is 0. The van der Waals surface area contributed by atoms with Gasteiger partial charge >= 0.3 is 0 Å².